The molecule has 1 aromatic rings. The number of fused-ring (bicyclic) bond motifs is 1. The van der Waals surface area contributed by atoms with Crippen molar-refractivity contribution >= 4 is 16.5 Å². The number of carbonyl (C=O) groups excluding carboxylic acids is 3. The Kier molecular flexibility index (Phi) is 6.01. The first-order chi connectivity index (χ1) is 12.6. The van der Waals surface area contributed by atoms with Gasteiger partial charge in [-0.05, 0) is 0 Å². The van der Waals surface area contributed by atoms with Crippen LogP contribution in [0.15, 0.2) is 30.3 Å². The second kappa shape index (κ2) is 7.27. The molecule has 0 bridgehead atoms. The van der Waals surface area contributed by atoms with Crippen LogP contribution in [0.25, 0.3) is 6.08 Å². The quantitative estimate of drug-likeness (QED) is 0.584. The summed E-state index contributed by atoms with van der Waals surface area (Å²) in [7, 11) is 0. The van der Waals surface area contributed by atoms with E-state index < -0.39 is 36.5 Å². The number of hydrogen-bond donors (Lipinski definition) is 0. The van der Waals surface area contributed by atoms with Crippen LogP contribution < -0.4 is 0 Å². The summed E-state index contributed by atoms with van der Waals surface area (Å²) in [4.78, 5) is 42.2. The summed E-state index contributed by atoms with van der Waals surface area (Å²) in [5, 5.41) is 0. The van der Waals surface area contributed by atoms with Gasteiger partial charge in [0.25, 0.3) is 0 Å². The fraction of sp³-hybridized carbons (Fsp3) is 0.542. The molecule has 0 N–H and O–H groups in total. The van der Waals surface area contributed by atoms with Gasteiger partial charge in [0.2, 0.25) is 0 Å². The van der Waals surface area contributed by atoms with Crippen LogP contribution in [0, 0.1) is 16.2 Å². The van der Waals surface area contributed by atoms with Gasteiger partial charge >= 0.3 is 175 Å². The maximum absolute atomic E-state index is 14.1. The van der Waals surface area contributed by atoms with E-state index in [4.69, 9.17) is 0 Å². The summed E-state index contributed by atoms with van der Waals surface area (Å²) in [6, 6.07) is 7.85. The molecule has 3 nitrogen and oxygen atoms in total. The van der Waals surface area contributed by atoms with Gasteiger partial charge in [-0.2, -0.15) is 0 Å². The second-order valence-corrected chi connectivity index (χ2v) is 19.9. The van der Waals surface area contributed by atoms with Crippen LogP contribution in [0.3, 0.4) is 0 Å². The zero-order valence-electron chi connectivity index (χ0n) is 18.8. The van der Waals surface area contributed by atoms with Crippen molar-refractivity contribution in [1.82, 2.24) is 0 Å². The molecule has 1 aliphatic rings. The van der Waals surface area contributed by atoms with Gasteiger partial charge in [-0.1, -0.05) is 0 Å². The molecular weight excluding hydrogens is 427 g/mol. The molecule has 0 aromatic heterocycles. The number of rotatable bonds is 4. The Bertz CT molecular complexity index is 777. The molecule has 2 rings (SSSR count). The van der Waals surface area contributed by atoms with Crippen molar-refractivity contribution < 1.29 is 34.7 Å². The molecular formula is C24H34O3Zr. The summed E-state index contributed by atoms with van der Waals surface area (Å²) in [6.45, 7) is 16.6. The van der Waals surface area contributed by atoms with Crippen molar-refractivity contribution in [3.05, 3.63) is 41.5 Å². The first kappa shape index (κ1) is 23.1. The summed E-state index contributed by atoms with van der Waals surface area (Å²) >= 11 is -4.90. The Hall–Kier alpha value is -1.15. The molecule has 0 heterocycles. The van der Waals surface area contributed by atoms with Crippen LogP contribution in [0.4, 0.5) is 0 Å². The third kappa shape index (κ3) is 3.82. The fourth-order valence-electron chi connectivity index (χ4n) is 4.13. The van der Waals surface area contributed by atoms with Crippen LogP contribution in [0.1, 0.15) is 77.1 Å². The first-order valence-electron chi connectivity index (χ1n) is 9.97. The molecule has 152 valence electrons. The predicted octanol–water partition coefficient (Wildman–Crippen LogP) is 5.63. The van der Waals surface area contributed by atoms with Crippen LogP contribution in [-0.2, 0) is 34.7 Å². The van der Waals surface area contributed by atoms with E-state index in [0.717, 1.165) is 11.1 Å². The van der Waals surface area contributed by atoms with E-state index in [0.29, 0.717) is 0 Å². The minimum atomic E-state index is -4.90. The van der Waals surface area contributed by atoms with Crippen LogP contribution in [0.5, 0.6) is 0 Å². The fourth-order valence-corrected chi connectivity index (χ4v) is 19.2. The van der Waals surface area contributed by atoms with Crippen LogP contribution in [0.2, 0.25) is 0 Å². The topological polar surface area (TPSA) is 51.2 Å². The molecule has 4 heteroatoms. The van der Waals surface area contributed by atoms with E-state index in [1.807, 2.05) is 98.7 Å². The van der Waals surface area contributed by atoms with Gasteiger partial charge in [-0.3, -0.25) is 0 Å². The van der Waals surface area contributed by atoms with Gasteiger partial charge in [0, 0.05) is 0 Å². The average Bonchev–Trinajstić information content (AvgIpc) is 2.97. The third-order valence-electron chi connectivity index (χ3n) is 5.38. The predicted molar refractivity (Wildman–Crippen MR) is 112 cm³/mol. The van der Waals surface area contributed by atoms with Gasteiger partial charge in [-0.15, -0.1) is 0 Å². The van der Waals surface area contributed by atoms with E-state index in [2.05, 4.69) is 0 Å². The summed E-state index contributed by atoms with van der Waals surface area (Å²) in [6.07, 6.45) is 3.95. The SMILES string of the molecule is CC(C)(C)[C](=O)[Zr]([C](=O)C(C)(C)C)([C](=O)C(C)(C)C)[CH]1C=Cc2ccccc21. The standard InChI is InChI=1S/C9H7.3C5H9O.Zr/c1-2-5-9-7-3-6-8(9)4-1;3*1-5(2,3)4-6;/h1-7H;3*1-3H3;. The summed E-state index contributed by atoms with van der Waals surface area (Å²) < 4.78 is -0.648. The molecule has 1 aromatic carbocycles. The molecule has 1 aliphatic carbocycles. The number of benzene rings is 1. The Labute approximate surface area is 174 Å². The zero-order chi connectivity index (χ0) is 21.7. The molecule has 0 spiro atoms. The molecule has 0 amide bonds. The molecule has 0 saturated heterocycles. The van der Waals surface area contributed by atoms with E-state index in [1.165, 1.54) is 0 Å². The molecule has 0 aliphatic heterocycles. The van der Waals surface area contributed by atoms with E-state index in [1.54, 1.807) is 0 Å². The van der Waals surface area contributed by atoms with Crippen LogP contribution in [-0.4, -0.2) is 10.5 Å². The van der Waals surface area contributed by atoms with E-state index in [9.17, 15) is 14.4 Å². The Balaban J connectivity index is 2.94. The minimum absolute atomic E-state index is 0.0898. The monoisotopic (exact) mass is 460 g/mol. The van der Waals surface area contributed by atoms with Gasteiger partial charge in [0.1, 0.15) is 0 Å². The summed E-state index contributed by atoms with van der Waals surface area (Å²) in [5.74, 6) is 0. The molecule has 0 fully saturated rings. The molecule has 1 unspecified atom stereocenters. The third-order valence-corrected chi connectivity index (χ3v) is 19.7. The zero-order valence-corrected chi connectivity index (χ0v) is 21.2. The molecule has 28 heavy (non-hydrogen) atoms. The average molecular weight is 462 g/mol. The molecule has 0 radical (unpaired) electrons. The maximum atomic E-state index is 14.1. The van der Waals surface area contributed by atoms with Crippen LogP contribution >= 0.6 is 0 Å². The number of carbonyl (C=O) groups is 3. The second-order valence-electron chi connectivity index (χ2n) is 11.0. The number of hydrogen-bond acceptors (Lipinski definition) is 3. The number of allylic oxidation sites excluding steroid dienone is 1. The van der Waals surface area contributed by atoms with Gasteiger partial charge < -0.3 is 0 Å². The van der Waals surface area contributed by atoms with Crippen molar-refractivity contribution in [3.63, 3.8) is 0 Å². The Morgan fingerprint density at radius 2 is 1.11 bits per heavy atom. The van der Waals surface area contributed by atoms with Gasteiger partial charge in [0.05, 0.1) is 0 Å². The van der Waals surface area contributed by atoms with E-state index >= 15 is 0 Å². The van der Waals surface area contributed by atoms with E-state index in [-0.39, 0.29) is 14.1 Å². The molecule has 1 atom stereocenters. The first-order valence-corrected chi connectivity index (χ1v) is 15.1. The van der Waals surface area contributed by atoms with Gasteiger partial charge in [-0.25, -0.2) is 0 Å². The summed E-state index contributed by atoms with van der Waals surface area (Å²) in [5.41, 5.74) is -0.264. The normalized spacial score (nSPS) is 17.4. The Morgan fingerprint density at radius 1 is 0.714 bits per heavy atom. The molecule has 0 saturated carbocycles. The van der Waals surface area contributed by atoms with Crippen molar-refractivity contribution in [1.29, 1.82) is 0 Å². The van der Waals surface area contributed by atoms with Crippen molar-refractivity contribution in [2.45, 2.75) is 65.9 Å². The van der Waals surface area contributed by atoms with Crippen molar-refractivity contribution in [2.75, 3.05) is 0 Å². The van der Waals surface area contributed by atoms with Gasteiger partial charge in [0.15, 0.2) is 0 Å². The van der Waals surface area contributed by atoms with Crippen molar-refractivity contribution in [2.24, 2.45) is 16.2 Å². The Morgan fingerprint density at radius 3 is 1.50 bits per heavy atom. The van der Waals surface area contributed by atoms with Crippen molar-refractivity contribution in [3.8, 4) is 0 Å².